The molecule has 1 unspecified atom stereocenters. The smallest absolute Gasteiger partial charge is 0.317 e. The molecule has 1 fully saturated rings. The number of benzene rings is 1. The SMILES string of the molecule is Cc1cc(N(C)C)ccc1CNC(=O)N1CCCC1CO. The fourth-order valence-electron chi connectivity index (χ4n) is 2.72. The Morgan fingerprint density at radius 1 is 1.48 bits per heavy atom. The van der Waals surface area contributed by atoms with E-state index in [1.54, 1.807) is 4.90 Å². The molecule has 2 N–H and O–H groups in total. The van der Waals surface area contributed by atoms with Crippen LogP contribution in [0.1, 0.15) is 24.0 Å². The number of hydrogen-bond donors (Lipinski definition) is 2. The lowest BCUT2D eigenvalue weighted by molar-refractivity contribution is 0.157. The fraction of sp³-hybridized carbons (Fsp3) is 0.562. The number of amides is 2. The maximum Gasteiger partial charge on any atom is 0.317 e. The second-order valence-corrected chi connectivity index (χ2v) is 5.84. The van der Waals surface area contributed by atoms with Gasteiger partial charge in [0.15, 0.2) is 0 Å². The van der Waals surface area contributed by atoms with Crippen LogP contribution in [0.5, 0.6) is 0 Å². The second kappa shape index (κ2) is 6.80. The predicted molar refractivity (Wildman–Crippen MR) is 84.6 cm³/mol. The van der Waals surface area contributed by atoms with Gasteiger partial charge in [0, 0.05) is 32.9 Å². The van der Waals surface area contributed by atoms with Crippen LogP contribution in [0.25, 0.3) is 0 Å². The molecule has 1 aromatic rings. The third-order valence-corrected chi connectivity index (χ3v) is 4.12. The molecule has 1 atom stereocenters. The first-order valence-corrected chi connectivity index (χ1v) is 7.45. The first kappa shape index (κ1) is 15.6. The topological polar surface area (TPSA) is 55.8 Å². The number of hydrogen-bond acceptors (Lipinski definition) is 3. The van der Waals surface area contributed by atoms with E-state index in [2.05, 4.69) is 35.3 Å². The third-order valence-electron chi connectivity index (χ3n) is 4.12. The van der Waals surface area contributed by atoms with Gasteiger partial charge in [0.05, 0.1) is 12.6 Å². The molecule has 0 saturated carbocycles. The van der Waals surface area contributed by atoms with Crippen LogP contribution in [0.15, 0.2) is 18.2 Å². The Labute approximate surface area is 126 Å². The number of aliphatic hydroxyl groups excluding tert-OH is 1. The molecule has 1 aromatic carbocycles. The predicted octanol–water partition coefficient (Wildman–Crippen LogP) is 1.73. The Kier molecular flexibility index (Phi) is 5.07. The molecule has 0 radical (unpaired) electrons. The van der Waals surface area contributed by atoms with E-state index >= 15 is 0 Å². The first-order chi connectivity index (χ1) is 10.0. The van der Waals surface area contributed by atoms with Crippen LogP contribution < -0.4 is 10.2 Å². The normalized spacial score (nSPS) is 17.9. The Morgan fingerprint density at radius 3 is 2.86 bits per heavy atom. The number of likely N-dealkylation sites (tertiary alicyclic amines) is 1. The molecule has 5 nitrogen and oxygen atoms in total. The molecule has 0 spiro atoms. The van der Waals surface area contributed by atoms with Gasteiger partial charge in [0.1, 0.15) is 0 Å². The highest BCUT2D eigenvalue weighted by Crippen LogP contribution is 2.19. The van der Waals surface area contributed by atoms with Crippen LogP contribution in [0.4, 0.5) is 10.5 Å². The molecule has 2 amide bonds. The standard InChI is InChI=1S/C16H25N3O2/c1-12-9-14(18(2)3)7-6-13(12)10-17-16(21)19-8-4-5-15(19)11-20/h6-7,9,15,20H,4-5,8,10-11H2,1-3H3,(H,17,21). The average molecular weight is 291 g/mol. The molecule has 1 saturated heterocycles. The van der Waals surface area contributed by atoms with Crippen LogP contribution in [-0.4, -0.2) is 49.3 Å². The van der Waals surface area contributed by atoms with Crippen LogP contribution in [-0.2, 0) is 6.54 Å². The van der Waals surface area contributed by atoms with Crippen LogP contribution >= 0.6 is 0 Å². The Balaban J connectivity index is 1.95. The Bertz CT molecular complexity index is 502. The van der Waals surface area contributed by atoms with Crippen molar-refractivity contribution in [3.05, 3.63) is 29.3 Å². The molecular weight excluding hydrogens is 266 g/mol. The fourth-order valence-corrected chi connectivity index (χ4v) is 2.72. The molecule has 116 valence electrons. The summed E-state index contributed by atoms with van der Waals surface area (Å²) in [6.45, 7) is 3.35. The minimum absolute atomic E-state index is 0.0257. The van der Waals surface area contributed by atoms with Crippen molar-refractivity contribution >= 4 is 11.7 Å². The number of aryl methyl sites for hydroxylation is 1. The molecule has 2 rings (SSSR count). The van der Waals surface area contributed by atoms with Crippen molar-refractivity contribution in [3.63, 3.8) is 0 Å². The summed E-state index contributed by atoms with van der Waals surface area (Å²) in [5.41, 5.74) is 3.44. The molecule has 0 aliphatic carbocycles. The number of carbonyl (C=O) groups excluding carboxylic acids is 1. The number of anilines is 1. The zero-order valence-corrected chi connectivity index (χ0v) is 13.1. The van der Waals surface area contributed by atoms with Gasteiger partial charge in [-0.1, -0.05) is 6.07 Å². The quantitative estimate of drug-likeness (QED) is 0.888. The molecular formula is C16H25N3O2. The number of rotatable bonds is 4. The highest BCUT2D eigenvalue weighted by molar-refractivity contribution is 5.75. The van der Waals surface area contributed by atoms with Gasteiger partial charge in [-0.25, -0.2) is 4.79 Å². The van der Waals surface area contributed by atoms with E-state index in [-0.39, 0.29) is 18.7 Å². The maximum atomic E-state index is 12.2. The molecule has 1 aliphatic heterocycles. The van der Waals surface area contributed by atoms with Crippen molar-refractivity contribution in [1.82, 2.24) is 10.2 Å². The summed E-state index contributed by atoms with van der Waals surface area (Å²) in [6, 6.07) is 6.12. The van der Waals surface area contributed by atoms with E-state index in [9.17, 15) is 9.90 Å². The van der Waals surface area contributed by atoms with E-state index in [4.69, 9.17) is 0 Å². The molecule has 0 aromatic heterocycles. The summed E-state index contributed by atoms with van der Waals surface area (Å²) in [7, 11) is 4.03. The van der Waals surface area contributed by atoms with Gasteiger partial charge in [-0.2, -0.15) is 0 Å². The summed E-state index contributed by atoms with van der Waals surface area (Å²) in [5, 5.41) is 12.2. The minimum atomic E-state index is -0.0809. The summed E-state index contributed by atoms with van der Waals surface area (Å²) >= 11 is 0. The third kappa shape index (κ3) is 3.67. The average Bonchev–Trinajstić information content (AvgIpc) is 2.94. The number of nitrogens with zero attached hydrogens (tertiary/aromatic N) is 2. The largest absolute Gasteiger partial charge is 0.394 e. The van der Waals surface area contributed by atoms with Crippen LogP contribution in [0, 0.1) is 6.92 Å². The van der Waals surface area contributed by atoms with Gasteiger partial charge in [-0.05, 0) is 43.0 Å². The highest BCUT2D eigenvalue weighted by atomic mass is 16.3. The van der Waals surface area contributed by atoms with Gasteiger partial charge in [0.2, 0.25) is 0 Å². The van der Waals surface area contributed by atoms with Crippen molar-refractivity contribution in [2.24, 2.45) is 0 Å². The molecule has 1 aliphatic rings. The molecule has 21 heavy (non-hydrogen) atoms. The zero-order valence-electron chi connectivity index (χ0n) is 13.1. The van der Waals surface area contributed by atoms with Gasteiger partial charge in [0.25, 0.3) is 0 Å². The van der Waals surface area contributed by atoms with Crippen molar-refractivity contribution in [1.29, 1.82) is 0 Å². The monoisotopic (exact) mass is 291 g/mol. The van der Waals surface area contributed by atoms with Crippen molar-refractivity contribution in [3.8, 4) is 0 Å². The lowest BCUT2D eigenvalue weighted by atomic mass is 10.1. The van der Waals surface area contributed by atoms with Crippen LogP contribution in [0.3, 0.4) is 0 Å². The number of carbonyl (C=O) groups is 1. The second-order valence-electron chi connectivity index (χ2n) is 5.84. The number of urea groups is 1. The highest BCUT2D eigenvalue weighted by Gasteiger charge is 2.27. The molecule has 1 heterocycles. The van der Waals surface area contributed by atoms with Crippen molar-refractivity contribution in [2.45, 2.75) is 32.4 Å². The number of aliphatic hydroxyl groups is 1. The van der Waals surface area contributed by atoms with Crippen molar-refractivity contribution < 1.29 is 9.90 Å². The van der Waals surface area contributed by atoms with E-state index in [0.29, 0.717) is 6.54 Å². The van der Waals surface area contributed by atoms with Crippen molar-refractivity contribution in [2.75, 3.05) is 32.1 Å². The first-order valence-electron chi connectivity index (χ1n) is 7.45. The summed E-state index contributed by atoms with van der Waals surface area (Å²) < 4.78 is 0. The molecule has 5 heteroatoms. The Morgan fingerprint density at radius 2 is 2.24 bits per heavy atom. The van der Waals surface area contributed by atoms with Gasteiger partial charge in [-0.15, -0.1) is 0 Å². The lowest BCUT2D eigenvalue weighted by Gasteiger charge is -2.23. The zero-order chi connectivity index (χ0) is 15.4. The van der Waals surface area contributed by atoms with E-state index in [1.807, 2.05) is 14.1 Å². The lowest BCUT2D eigenvalue weighted by Crippen LogP contribution is -2.43. The van der Waals surface area contributed by atoms with Gasteiger partial charge < -0.3 is 20.2 Å². The Hall–Kier alpha value is -1.75. The van der Waals surface area contributed by atoms with E-state index in [1.165, 1.54) is 5.56 Å². The minimum Gasteiger partial charge on any atom is -0.394 e. The van der Waals surface area contributed by atoms with Crippen LogP contribution in [0.2, 0.25) is 0 Å². The number of nitrogens with one attached hydrogen (secondary N) is 1. The van der Waals surface area contributed by atoms with E-state index < -0.39 is 0 Å². The van der Waals surface area contributed by atoms with E-state index in [0.717, 1.165) is 30.6 Å². The van der Waals surface area contributed by atoms with Gasteiger partial charge in [-0.3, -0.25) is 0 Å². The summed E-state index contributed by atoms with van der Waals surface area (Å²) in [4.78, 5) is 16.0. The maximum absolute atomic E-state index is 12.2. The summed E-state index contributed by atoms with van der Waals surface area (Å²) in [6.07, 6.45) is 1.86. The molecule has 0 bridgehead atoms. The van der Waals surface area contributed by atoms with Gasteiger partial charge >= 0.3 is 6.03 Å². The summed E-state index contributed by atoms with van der Waals surface area (Å²) in [5.74, 6) is 0.